The average Bonchev–Trinajstić information content (AvgIpc) is 2.74. The van der Waals surface area contributed by atoms with Gasteiger partial charge >= 0.3 is 0 Å². The zero-order valence-corrected chi connectivity index (χ0v) is 13.4. The first-order valence-electron chi connectivity index (χ1n) is 5.39. The van der Waals surface area contributed by atoms with Crippen molar-refractivity contribution in [2.45, 2.75) is 19.5 Å². The van der Waals surface area contributed by atoms with Crippen molar-refractivity contribution < 1.29 is 0 Å². The summed E-state index contributed by atoms with van der Waals surface area (Å²) in [5, 5.41) is 3.53. The van der Waals surface area contributed by atoms with Crippen molar-refractivity contribution in [1.29, 1.82) is 0 Å². The first kappa shape index (κ1) is 13.3. The Morgan fingerprint density at radius 1 is 1.18 bits per heavy atom. The molecule has 1 aromatic carbocycles. The summed E-state index contributed by atoms with van der Waals surface area (Å²) in [4.78, 5) is 1.35. The Hall–Kier alpha value is -0.160. The van der Waals surface area contributed by atoms with Gasteiger partial charge in [-0.25, -0.2) is 0 Å². The van der Waals surface area contributed by atoms with Gasteiger partial charge in [0.05, 0.1) is 3.79 Å². The van der Waals surface area contributed by atoms with Crippen LogP contribution in [0.2, 0.25) is 0 Å². The Bertz CT molecular complexity index is 496. The Kier molecular flexibility index (Phi) is 4.79. The van der Waals surface area contributed by atoms with Crippen LogP contribution in [0.4, 0.5) is 0 Å². The molecule has 1 N–H and O–H groups in total. The van der Waals surface area contributed by atoms with Crippen molar-refractivity contribution in [3.8, 4) is 0 Å². The summed E-state index contributed by atoms with van der Waals surface area (Å²) in [6.45, 7) is 3.06. The predicted molar refractivity (Wildman–Crippen MR) is 81.4 cm³/mol. The largest absolute Gasteiger partial charge is 0.305 e. The van der Waals surface area contributed by atoms with Crippen molar-refractivity contribution in [2.24, 2.45) is 0 Å². The minimum Gasteiger partial charge on any atom is -0.305 e. The first-order valence-corrected chi connectivity index (χ1v) is 7.79. The lowest BCUT2D eigenvalue weighted by Crippen LogP contribution is -2.17. The predicted octanol–water partition coefficient (Wildman–Crippen LogP) is 5.12. The molecule has 0 aliphatic rings. The number of hydrogen-bond donors (Lipinski definition) is 1. The zero-order valence-electron chi connectivity index (χ0n) is 9.41. The second kappa shape index (κ2) is 6.14. The lowest BCUT2D eigenvalue weighted by atomic mass is 10.2. The van der Waals surface area contributed by atoms with Gasteiger partial charge in [-0.3, -0.25) is 0 Å². The van der Waals surface area contributed by atoms with Gasteiger partial charge in [-0.05, 0) is 46.6 Å². The molecule has 2 aromatic rings. The molecule has 0 amide bonds. The fourth-order valence-electron chi connectivity index (χ4n) is 1.57. The normalized spacial score (nSPS) is 12.6. The summed E-state index contributed by atoms with van der Waals surface area (Å²) in [5.41, 5.74) is 1.29. The molecule has 0 fully saturated rings. The molecule has 2 rings (SSSR count). The van der Waals surface area contributed by atoms with Gasteiger partial charge in [0.25, 0.3) is 0 Å². The molecule has 1 atom stereocenters. The molecule has 0 spiro atoms. The molecule has 17 heavy (non-hydrogen) atoms. The Labute approximate surface area is 123 Å². The zero-order chi connectivity index (χ0) is 12.3. The molecule has 90 valence electrons. The van der Waals surface area contributed by atoms with Crippen LogP contribution in [0, 0.1) is 0 Å². The maximum absolute atomic E-state index is 3.56. The summed E-state index contributed by atoms with van der Waals surface area (Å²) in [7, 11) is 0. The smallest absolute Gasteiger partial charge is 0.0701 e. The van der Waals surface area contributed by atoms with Crippen LogP contribution in [-0.4, -0.2) is 0 Å². The number of thiophene rings is 1. The van der Waals surface area contributed by atoms with Gasteiger partial charge in [-0.15, -0.1) is 11.3 Å². The van der Waals surface area contributed by atoms with E-state index in [4.69, 9.17) is 0 Å². The van der Waals surface area contributed by atoms with E-state index in [9.17, 15) is 0 Å². The van der Waals surface area contributed by atoms with Crippen LogP contribution < -0.4 is 5.32 Å². The Morgan fingerprint density at radius 3 is 2.59 bits per heavy atom. The van der Waals surface area contributed by atoms with E-state index < -0.39 is 0 Å². The monoisotopic (exact) mass is 373 g/mol. The van der Waals surface area contributed by atoms with Gasteiger partial charge < -0.3 is 5.32 Å². The standard InChI is InChI=1S/C13H13Br2NS/c1-9(12-6-7-13(15)17-12)16-8-10-4-2-3-5-11(10)14/h2-7,9,16H,8H2,1H3. The topological polar surface area (TPSA) is 12.0 Å². The SMILES string of the molecule is CC(NCc1ccccc1Br)c1ccc(Br)s1. The molecular formula is C13H13Br2NS. The van der Waals surface area contributed by atoms with Gasteiger partial charge in [0.15, 0.2) is 0 Å². The van der Waals surface area contributed by atoms with Crippen LogP contribution in [0.15, 0.2) is 44.7 Å². The minimum atomic E-state index is 0.374. The highest BCUT2D eigenvalue weighted by Crippen LogP contribution is 2.27. The van der Waals surface area contributed by atoms with E-state index in [1.54, 1.807) is 11.3 Å². The quantitative estimate of drug-likeness (QED) is 0.782. The number of nitrogens with one attached hydrogen (secondary N) is 1. The van der Waals surface area contributed by atoms with Gasteiger partial charge in [0, 0.05) is 21.9 Å². The van der Waals surface area contributed by atoms with E-state index in [2.05, 4.69) is 74.4 Å². The van der Waals surface area contributed by atoms with Crippen LogP contribution in [-0.2, 0) is 6.54 Å². The van der Waals surface area contributed by atoms with Gasteiger partial charge in [-0.2, -0.15) is 0 Å². The van der Waals surface area contributed by atoms with Crippen LogP contribution in [0.5, 0.6) is 0 Å². The highest BCUT2D eigenvalue weighted by atomic mass is 79.9. The first-order chi connectivity index (χ1) is 8.16. The third-order valence-corrected chi connectivity index (χ3v) is 5.16. The lowest BCUT2D eigenvalue weighted by Gasteiger charge is -2.12. The number of rotatable bonds is 4. The van der Waals surface area contributed by atoms with Gasteiger partial charge in [0.2, 0.25) is 0 Å². The van der Waals surface area contributed by atoms with Crippen molar-refractivity contribution in [3.63, 3.8) is 0 Å². The van der Waals surface area contributed by atoms with Crippen molar-refractivity contribution in [2.75, 3.05) is 0 Å². The van der Waals surface area contributed by atoms with Crippen LogP contribution >= 0.6 is 43.2 Å². The fraction of sp³-hybridized carbons (Fsp3) is 0.231. The summed E-state index contributed by atoms with van der Waals surface area (Å²) >= 11 is 8.83. The Balaban J connectivity index is 1.97. The molecule has 1 aromatic heterocycles. The third kappa shape index (κ3) is 3.65. The highest BCUT2D eigenvalue weighted by molar-refractivity contribution is 9.11. The number of halogens is 2. The highest BCUT2D eigenvalue weighted by Gasteiger charge is 2.08. The summed E-state index contributed by atoms with van der Waals surface area (Å²) in [5.74, 6) is 0. The Morgan fingerprint density at radius 2 is 1.94 bits per heavy atom. The number of hydrogen-bond acceptors (Lipinski definition) is 2. The maximum Gasteiger partial charge on any atom is 0.0701 e. The molecule has 0 saturated heterocycles. The summed E-state index contributed by atoms with van der Waals surface area (Å²) in [6, 6.07) is 12.9. The fourth-order valence-corrected chi connectivity index (χ4v) is 3.44. The molecule has 4 heteroatoms. The van der Waals surface area contributed by atoms with E-state index in [1.807, 2.05) is 6.07 Å². The van der Waals surface area contributed by atoms with Crippen LogP contribution in [0.3, 0.4) is 0 Å². The van der Waals surface area contributed by atoms with E-state index in [-0.39, 0.29) is 0 Å². The molecule has 1 heterocycles. The molecule has 0 aliphatic carbocycles. The molecule has 1 unspecified atom stereocenters. The molecule has 0 radical (unpaired) electrons. The molecule has 0 bridgehead atoms. The lowest BCUT2D eigenvalue weighted by molar-refractivity contribution is 0.582. The van der Waals surface area contributed by atoms with Crippen molar-refractivity contribution >= 4 is 43.2 Å². The third-order valence-electron chi connectivity index (χ3n) is 2.58. The molecule has 0 saturated carbocycles. The van der Waals surface area contributed by atoms with E-state index in [0.717, 1.165) is 11.0 Å². The summed E-state index contributed by atoms with van der Waals surface area (Å²) < 4.78 is 2.34. The average molecular weight is 375 g/mol. The van der Waals surface area contributed by atoms with Gasteiger partial charge in [0.1, 0.15) is 0 Å². The van der Waals surface area contributed by atoms with E-state index in [0.29, 0.717) is 6.04 Å². The summed E-state index contributed by atoms with van der Waals surface area (Å²) in [6.07, 6.45) is 0. The van der Waals surface area contributed by atoms with Crippen molar-refractivity contribution in [1.82, 2.24) is 5.32 Å². The minimum absolute atomic E-state index is 0.374. The molecular weight excluding hydrogens is 362 g/mol. The van der Waals surface area contributed by atoms with Crippen molar-refractivity contribution in [3.05, 3.63) is 55.1 Å². The second-order valence-corrected chi connectivity index (χ2v) is 7.18. The molecule has 0 aliphatic heterocycles. The second-order valence-electron chi connectivity index (χ2n) is 3.84. The number of benzene rings is 1. The molecule has 1 nitrogen and oxygen atoms in total. The van der Waals surface area contributed by atoms with E-state index in [1.165, 1.54) is 14.2 Å². The van der Waals surface area contributed by atoms with Crippen LogP contribution in [0.1, 0.15) is 23.4 Å². The maximum atomic E-state index is 3.56. The van der Waals surface area contributed by atoms with E-state index >= 15 is 0 Å². The van der Waals surface area contributed by atoms with Gasteiger partial charge in [-0.1, -0.05) is 34.1 Å². The van der Waals surface area contributed by atoms with Crippen LogP contribution in [0.25, 0.3) is 0 Å².